The second-order valence-corrected chi connectivity index (χ2v) is 6.65. The highest BCUT2D eigenvalue weighted by molar-refractivity contribution is 6.06. The molecule has 0 fully saturated rings. The SMILES string of the molecule is CC#C[C@H]1C(=O)Nc2cnc(-n3ccnc3-c3ccc(F)cc3)nc2N1c1cn[nH]c1. The summed E-state index contributed by atoms with van der Waals surface area (Å²) >= 11 is 0. The number of carbonyl (C=O) groups is 1. The van der Waals surface area contributed by atoms with Crippen LogP contribution in [-0.2, 0) is 4.79 Å². The molecule has 1 aromatic carbocycles. The number of carbonyl (C=O) groups excluding carboxylic acids is 1. The number of nitrogens with one attached hydrogen (secondary N) is 2. The number of imidazole rings is 1. The normalized spacial score (nSPS) is 15.1. The zero-order chi connectivity index (χ0) is 21.4. The Kier molecular flexibility index (Phi) is 4.41. The fourth-order valence-electron chi connectivity index (χ4n) is 3.38. The van der Waals surface area contributed by atoms with Crippen LogP contribution in [0.1, 0.15) is 6.92 Å². The van der Waals surface area contributed by atoms with Gasteiger partial charge in [-0.1, -0.05) is 5.92 Å². The molecule has 3 aromatic heterocycles. The van der Waals surface area contributed by atoms with Crippen molar-refractivity contribution in [1.29, 1.82) is 0 Å². The number of anilines is 3. The molecule has 5 rings (SSSR count). The third kappa shape index (κ3) is 3.18. The first-order valence-corrected chi connectivity index (χ1v) is 9.33. The number of amides is 1. The first-order chi connectivity index (χ1) is 15.2. The molecule has 9 nitrogen and oxygen atoms in total. The number of nitrogens with zero attached hydrogens (tertiary/aromatic N) is 6. The van der Waals surface area contributed by atoms with Gasteiger partial charge in [0.1, 0.15) is 17.3 Å². The summed E-state index contributed by atoms with van der Waals surface area (Å²) < 4.78 is 15.0. The lowest BCUT2D eigenvalue weighted by Crippen LogP contribution is -2.45. The van der Waals surface area contributed by atoms with E-state index >= 15 is 0 Å². The Morgan fingerprint density at radius 2 is 2.00 bits per heavy atom. The average Bonchev–Trinajstić information content (AvgIpc) is 3.47. The Morgan fingerprint density at radius 1 is 1.16 bits per heavy atom. The topological polar surface area (TPSA) is 105 Å². The molecule has 0 aliphatic carbocycles. The van der Waals surface area contributed by atoms with Gasteiger partial charge in [-0.05, 0) is 31.2 Å². The number of H-pyrrole nitrogens is 1. The van der Waals surface area contributed by atoms with Crippen molar-refractivity contribution in [3.05, 3.63) is 61.1 Å². The van der Waals surface area contributed by atoms with E-state index in [-0.39, 0.29) is 11.7 Å². The Balaban J connectivity index is 1.64. The van der Waals surface area contributed by atoms with Crippen LogP contribution < -0.4 is 10.2 Å². The molecule has 0 spiro atoms. The standard InChI is InChI=1S/C21H15FN8O/c1-2-3-17-20(31)27-16-12-24-21(28-19(16)30(17)15-10-25-26-11-15)29-9-8-23-18(29)13-4-6-14(22)7-5-13/h4-12,17H,1H3,(H,25,26)(H,27,31)/t17-/m0/s1. The summed E-state index contributed by atoms with van der Waals surface area (Å²) in [5.74, 6) is 6.46. The molecular weight excluding hydrogens is 399 g/mol. The first-order valence-electron chi connectivity index (χ1n) is 9.33. The Bertz CT molecular complexity index is 1320. The van der Waals surface area contributed by atoms with Crippen molar-refractivity contribution in [1.82, 2.24) is 29.7 Å². The number of aromatic amines is 1. The molecule has 0 bridgehead atoms. The minimum Gasteiger partial charge on any atom is -0.319 e. The van der Waals surface area contributed by atoms with E-state index in [1.54, 1.807) is 53.3 Å². The van der Waals surface area contributed by atoms with Crippen LogP contribution in [0, 0.1) is 17.7 Å². The molecule has 0 radical (unpaired) electrons. The Hall–Kier alpha value is -4.52. The van der Waals surface area contributed by atoms with Crippen molar-refractivity contribution >= 4 is 23.1 Å². The first kappa shape index (κ1) is 18.5. The maximum atomic E-state index is 13.3. The molecule has 4 aromatic rings. The van der Waals surface area contributed by atoms with Crippen LogP contribution in [0.15, 0.2) is 55.2 Å². The van der Waals surface area contributed by atoms with Crippen molar-refractivity contribution in [3.63, 3.8) is 0 Å². The molecule has 31 heavy (non-hydrogen) atoms. The van der Waals surface area contributed by atoms with Crippen LogP contribution in [0.25, 0.3) is 17.3 Å². The summed E-state index contributed by atoms with van der Waals surface area (Å²) in [6, 6.07) is 5.23. The lowest BCUT2D eigenvalue weighted by atomic mass is 10.1. The second-order valence-electron chi connectivity index (χ2n) is 6.65. The molecule has 10 heteroatoms. The maximum absolute atomic E-state index is 13.3. The number of hydrogen-bond donors (Lipinski definition) is 2. The molecule has 0 saturated carbocycles. The number of fused-ring (bicyclic) bond motifs is 1. The third-order valence-electron chi connectivity index (χ3n) is 4.75. The predicted octanol–water partition coefficient (Wildman–Crippen LogP) is 2.67. The van der Waals surface area contributed by atoms with Gasteiger partial charge in [0, 0.05) is 24.2 Å². The van der Waals surface area contributed by atoms with Crippen LogP contribution >= 0.6 is 0 Å². The predicted molar refractivity (Wildman–Crippen MR) is 111 cm³/mol. The van der Waals surface area contributed by atoms with Crippen LogP contribution in [0.5, 0.6) is 0 Å². The summed E-state index contributed by atoms with van der Waals surface area (Å²) in [5.41, 5.74) is 1.80. The van der Waals surface area contributed by atoms with E-state index in [1.165, 1.54) is 18.3 Å². The van der Waals surface area contributed by atoms with Gasteiger partial charge in [0.2, 0.25) is 5.95 Å². The summed E-state index contributed by atoms with van der Waals surface area (Å²) in [6.45, 7) is 1.67. The highest BCUT2D eigenvalue weighted by Gasteiger charge is 2.35. The summed E-state index contributed by atoms with van der Waals surface area (Å²) in [5, 5.41) is 9.55. The van der Waals surface area contributed by atoms with Gasteiger partial charge < -0.3 is 5.32 Å². The van der Waals surface area contributed by atoms with Crippen LogP contribution in [-0.4, -0.2) is 41.7 Å². The van der Waals surface area contributed by atoms with E-state index in [9.17, 15) is 9.18 Å². The van der Waals surface area contributed by atoms with Crippen LogP contribution in [0.4, 0.5) is 21.6 Å². The van der Waals surface area contributed by atoms with Gasteiger partial charge in [-0.2, -0.15) is 10.1 Å². The molecule has 152 valence electrons. The molecule has 0 saturated heterocycles. The quantitative estimate of drug-likeness (QED) is 0.500. The number of benzene rings is 1. The van der Waals surface area contributed by atoms with Crippen LogP contribution in [0.3, 0.4) is 0 Å². The molecule has 2 N–H and O–H groups in total. The van der Waals surface area contributed by atoms with Gasteiger partial charge in [-0.3, -0.25) is 19.4 Å². The lowest BCUT2D eigenvalue weighted by Gasteiger charge is -2.33. The smallest absolute Gasteiger partial charge is 0.260 e. The van der Waals surface area contributed by atoms with Crippen molar-refractivity contribution in [2.24, 2.45) is 0 Å². The average molecular weight is 414 g/mol. The fraction of sp³-hybridized carbons (Fsp3) is 0.0952. The van der Waals surface area contributed by atoms with Gasteiger partial charge in [0.25, 0.3) is 5.91 Å². The highest BCUT2D eigenvalue weighted by atomic mass is 19.1. The van der Waals surface area contributed by atoms with E-state index in [1.807, 2.05) is 0 Å². The fourth-order valence-corrected chi connectivity index (χ4v) is 3.38. The molecule has 4 heterocycles. The van der Waals surface area contributed by atoms with E-state index < -0.39 is 6.04 Å². The van der Waals surface area contributed by atoms with Gasteiger partial charge >= 0.3 is 0 Å². The number of hydrogen-bond acceptors (Lipinski definition) is 6. The van der Waals surface area contributed by atoms with Gasteiger partial charge in [-0.25, -0.2) is 14.4 Å². The van der Waals surface area contributed by atoms with Crippen molar-refractivity contribution in [2.45, 2.75) is 13.0 Å². The number of aromatic nitrogens is 6. The van der Waals surface area contributed by atoms with Crippen LogP contribution in [0.2, 0.25) is 0 Å². The summed E-state index contributed by atoms with van der Waals surface area (Å²) in [7, 11) is 0. The Labute approximate surface area is 176 Å². The van der Waals surface area contributed by atoms with E-state index in [0.29, 0.717) is 34.5 Å². The molecule has 1 atom stereocenters. The van der Waals surface area contributed by atoms with Gasteiger partial charge in [0.05, 0.1) is 18.1 Å². The van der Waals surface area contributed by atoms with Crippen molar-refractivity contribution < 1.29 is 9.18 Å². The molecular formula is C21H15FN8O. The molecule has 1 amide bonds. The van der Waals surface area contributed by atoms with E-state index in [4.69, 9.17) is 4.98 Å². The van der Waals surface area contributed by atoms with E-state index in [0.717, 1.165) is 0 Å². The molecule has 1 aliphatic rings. The minimum atomic E-state index is -0.780. The largest absolute Gasteiger partial charge is 0.319 e. The highest BCUT2D eigenvalue weighted by Crippen LogP contribution is 2.36. The maximum Gasteiger partial charge on any atom is 0.260 e. The molecule has 1 aliphatic heterocycles. The minimum absolute atomic E-state index is 0.283. The number of halogens is 1. The zero-order valence-corrected chi connectivity index (χ0v) is 16.2. The van der Waals surface area contributed by atoms with E-state index in [2.05, 4.69) is 37.3 Å². The van der Waals surface area contributed by atoms with Crippen molar-refractivity contribution in [2.75, 3.05) is 10.2 Å². The zero-order valence-electron chi connectivity index (χ0n) is 16.2. The molecule has 0 unspecified atom stereocenters. The lowest BCUT2D eigenvalue weighted by molar-refractivity contribution is -0.116. The monoisotopic (exact) mass is 414 g/mol. The summed E-state index contributed by atoms with van der Waals surface area (Å²) in [4.78, 5) is 27.8. The summed E-state index contributed by atoms with van der Waals surface area (Å²) in [6.07, 6.45) is 8.12. The van der Waals surface area contributed by atoms with Gasteiger partial charge in [0.15, 0.2) is 11.9 Å². The number of rotatable bonds is 3. The third-order valence-corrected chi connectivity index (χ3v) is 4.75. The van der Waals surface area contributed by atoms with Crippen molar-refractivity contribution in [3.8, 4) is 29.2 Å². The van der Waals surface area contributed by atoms with Gasteiger partial charge in [-0.15, -0.1) is 5.92 Å². The second kappa shape index (κ2) is 7.38. The Morgan fingerprint density at radius 3 is 2.74 bits per heavy atom.